The van der Waals surface area contributed by atoms with Crippen molar-refractivity contribution in [2.75, 3.05) is 5.32 Å². The van der Waals surface area contributed by atoms with E-state index < -0.39 is 0 Å². The lowest BCUT2D eigenvalue weighted by Crippen LogP contribution is -2.20. The number of halogens is 3. The van der Waals surface area contributed by atoms with E-state index in [-0.39, 0.29) is 12.6 Å². The quantitative estimate of drug-likeness (QED) is 0.335. The lowest BCUT2D eigenvalue weighted by Gasteiger charge is -2.11. The van der Waals surface area contributed by atoms with E-state index in [1.807, 2.05) is 13.8 Å². The van der Waals surface area contributed by atoms with Crippen LogP contribution in [0.5, 0.6) is 5.75 Å². The standard InChI is InChI=1S/C23H20Cl3N5O2/c1-14-22(15(2)30(29-14)12-18-19(25)4-3-5-20(18)26)28-23(32)21-10-11-27-31(21)13-33-17-8-6-16(24)7-9-17/h3-11H,12-13H2,1-2H3,(H,28,32). The van der Waals surface area contributed by atoms with Crippen molar-refractivity contribution < 1.29 is 9.53 Å². The first-order valence-corrected chi connectivity index (χ1v) is 11.2. The van der Waals surface area contributed by atoms with Gasteiger partial charge in [-0.05, 0) is 56.3 Å². The third-order valence-electron chi connectivity index (χ3n) is 5.11. The molecule has 0 aliphatic rings. The van der Waals surface area contributed by atoms with Gasteiger partial charge in [-0.15, -0.1) is 0 Å². The van der Waals surface area contributed by atoms with Gasteiger partial charge in [0.25, 0.3) is 5.91 Å². The molecule has 0 unspecified atom stereocenters. The van der Waals surface area contributed by atoms with E-state index in [9.17, 15) is 4.79 Å². The number of ether oxygens (including phenoxy) is 1. The number of aromatic nitrogens is 4. The number of amides is 1. The Kier molecular flexibility index (Phi) is 6.93. The number of nitrogens with zero attached hydrogens (tertiary/aromatic N) is 4. The van der Waals surface area contributed by atoms with Crippen LogP contribution in [0, 0.1) is 13.8 Å². The predicted molar refractivity (Wildman–Crippen MR) is 130 cm³/mol. The molecule has 0 radical (unpaired) electrons. The number of hydrogen-bond acceptors (Lipinski definition) is 4. The zero-order chi connectivity index (χ0) is 23.5. The van der Waals surface area contributed by atoms with Crippen LogP contribution in [-0.4, -0.2) is 25.5 Å². The van der Waals surface area contributed by atoms with Crippen LogP contribution in [0.25, 0.3) is 0 Å². The average Bonchev–Trinajstić information content (AvgIpc) is 3.36. The SMILES string of the molecule is Cc1nn(Cc2c(Cl)cccc2Cl)c(C)c1NC(=O)c1ccnn1COc1ccc(Cl)cc1. The third kappa shape index (κ3) is 5.16. The van der Waals surface area contributed by atoms with Gasteiger partial charge in [0.05, 0.1) is 23.6 Å². The summed E-state index contributed by atoms with van der Waals surface area (Å²) in [7, 11) is 0. The summed E-state index contributed by atoms with van der Waals surface area (Å²) < 4.78 is 8.94. The number of carbonyl (C=O) groups is 1. The van der Waals surface area contributed by atoms with Gasteiger partial charge >= 0.3 is 0 Å². The van der Waals surface area contributed by atoms with Crippen molar-refractivity contribution in [3.05, 3.63) is 92.4 Å². The molecule has 0 atom stereocenters. The number of rotatable bonds is 7. The van der Waals surface area contributed by atoms with Crippen LogP contribution >= 0.6 is 34.8 Å². The molecule has 1 amide bonds. The van der Waals surface area contributed by atoms with Crippen molar-refractivity contribution in [1.29, 1.82) is 0 Å². The highest BCUT2D eigenvalue weighted by molar-refractivity contribution is 6.36. The Morgan fingerprint density at radius 3 is 2.39 bits per heavy atom. The highest BCUT2D eigenvalue weighted by Gasteiger charge is 2.19. The number of benzene rings is 2. The van der Waals surface area contributed by atoms with Crippen LogP contribution in [-0.2, 0) is 13.3 Å². The molecule has 0 bridgehead atoms. The highest BCUT2D eigenvalue weighted by Crippen LogP contribution is 2.27. The molecule has 0 saturated heterocycles. The van der Waals surface area contributed by atoms with Crippen LogP contribution in [0.4, 0.5) is 5.69 Å². The van der Waals surface area contributed by atoms with Crippen molar-refractivity contribution in [3.8, 4) is 5.75 Å². The Morgan fingerprint density at radius 1 is 1.00 bits per heavy atom. The van der Waals surface area contributed by atoms with Gasteiger partial charge in [0.1, 0.15) is 11.4 Å². The molecule has 0 fully saturated rings. The van der Waals surface area contributed by atoms with E-state index in [0.717, 1.165) is 11.3 Å². The summed E-state index contributed by atoms with van der Waals surface area (Å²) in [4.78, 5) is 13.0. The van der Waals surface area contributed by atoms with E-state index in [1.165, 1.54) is 4.68 Å². The van der Waals surface area contributed by atoms with Crippen LogP contribution in [0.2, 0.25) is 15.1 Å². The summed E-state index contributed by atoms with van der Waals surface area (Å²) in [6, 6.07) is 13.9. The monoisotopic (exact) mass is 503 g/mol. The molecule has 7 nitrogen and oxygen atoms in total. The van der Waals surface area contributed by atoms with Gasteiger partial charge in [0, 0.05) is 26.8 Å². The Bertz CT molecular complexity index is 1280. The summed E-state index contributed by atoms with van der Waals surface area (Å²) in [6.07, 6.45) is 1.54. The molecule has 2 aromatic heterocycles. The fourth-order valence-corrected chi connectivity index (χ4v) is 3.98. The maximum Gasteiger partial charge on any atom is 0.274 e. The Hall–Kier alpha value is -3.00. The van der Waals surface area contributed by atoms with E-state index in [1.54, 1.807) is 59.4 Å². The number of nitrogens with one attached hydrogen (secondary N) is 1. The van der Waals surface area contributed by atoms with Crippen molar-refractivity contribution in [2.24, 2.45) is 0 Å². The molecule has 0 aliphatic carbocycles. The topological polar surface area (TPSA) is 74.0 Å². The summed E-state index contributed by atoms with van der Waals surface area (Å²) in [5.74, 6) is 0.293. The molecule has 10 heteroatoms. The van der Waals surface area contributed by atoms with Crippen molar-refractivity contribution in [1.82, 2.24) is 19.6 Å². The lowest BCUT2D eigenvalue weighted by atomic mass is 10.2. The van der Waals surface area contributed by atoms with Crippen molar-refractivity contribution in [2.45, 2.75) is 27.1 Å². The van der Waals surface area contributed by atoms with Crippen LogP contribution in [0.15, 0.2) is 54.7 Å². The smallest absolute Gasteiger partial charge is 0.274 e. The minimum atomic E-state index is -0.325. The van der Waals surface area contributed by atoms with Gasteiger partial charge < -0.3 is 10.1 Å². The number of aryl methyl sites for hydroxylation is 1. The molecule has 33 heavy (non-hydrogen) atoms. The van der Waals surface area contributed by atoms with Crippen LogP contribution in [0.3, 0.4) is 0 Å². The Morgan fingerprint density at radius 2 is 1.70 bits per heavy atom. The van der Waals surface area contributed by atoms with E-state index in [4.69, 9.17) is 39.5 Å². The van der Waals surface area contributed by atoms with Crippen LogP contribution in [0.1, 0.15) is 27.4 Å². The molecule has 170 valence electrons. The molecule has 0 spiro atoms. The fourth-order valence-electron chi connectivity index (χ4n) is 3.34. The van der Waals surface area contributed by atoms with Crippen molar-refractivity contribution in [3.63, 3.8) is 0 Å². The average molecular weight is 505 g/mol. The highest BCUT2D eigenvalue weighted by atomic mass is 35.5. The maximum atomic E-state index is 13.0. The van der Waals surface area contributed by atoms with Gasteiger partial charge in [0.15, 0.2) is 6.73 Å². The summed E-state index contributed by atoms with van der Waals surface area (Å²) >= 11 is 18.5. The number of anilines is 1. The zero-order valence-corrected chi connectivity index (χ0v) is 20.1. The second-order valence-electron chi connectivity index (χ2n) is 7.30. The molecular weight excluding hydrogens is 485 g/mol. The second kappa shape index (κ2) is 9.87. The largest absolute Gasteiger partial charge is 0.471 e. The number of carbonyl (C=O) groups excluding carboxylic acids is 1. The molecule has 4 rings (SSSR count). The first-order valence-electron chi connectivity index (χ1n) is 10.0. The fraction of sp³-hybridized carbons (Fsp3) is 0.174. The third-order valence-corrected chi connectivity index (χ3v) is 6.07. The minimum Gasteiger partial charge on any atom is -0.471 e. The van der Waals surface area contributed by atoms with Gasteiger partial charge in [-0.25, -0.2) is 4.68 Å². The van der Waals surface area contributed by atoms with Gasteiger partial charge in [-0.3, -0.25) is 9.48 Å². The van der Waals surface area contributed by atoms with Gasteiger partial charge in [-0.1, -0.05) is 40.9 Å². The summed E-state index contributed by atoms with van der Waals surface area (Å²) in [5.41, 5.74) is 3.19. The molecule has 0 aliphatic heterocycles. The molecule has 1 N–H and O–H groups in total. The van der Waals surface area contributed by atoms with E-state index in [0.29, 0.717) is 44.4 Å². The summed E-state index contributed by atoms with van der Waals surface area (Å²) in [6.45, 7) is 4.16. The number of hydrogen-bond donors (Lipinski definition) is 1. The van der Waals surface area contributed by atoms with Gasteiger partial charge in [0.2, 0.25) is 0 Å². The molecule has 2 aromatic carbocycles. The molecule has 0 saturated carbocycles. The molecular formula is C23H20Cl3N5O2. The second-order valence-corrected chi connectivity index (χ2v) is 8.55. The Labute approximate surface area is 205 Å². The lowest BCUT2D eigenvalue weighted by molar-refractivity contribution is 0.100. The zero-order valence-electron chi connectivity index (χ0n) is 17.8. The first kappa shape index (κ1) is 23.2. The van der Waals surface area contributed by atoms with E-state index >= 15 is 0 Å². The maximum absolute atomic E-state index is 13.0. The van der Waals surface area contributed by atoms with E-state index in [2.05, 4.69) is 15.5 Å². The van der Waals surface area contributed by atoms with Crippen LogP contribution < -0.4 is 10.1 Å². The Balaban J connectivity index is 1.49. The predicted octanol–water partition coefficient (Wildman–Crippen LogP) is 5.99. The minimum absolute atomic E-state index is 0.0691. The molecule has 2 heterocycles. The van der Waals surface area contributed by atoms with Gasteiger partial charge in [-0.2, -0.15) is 10.2 Å². The first-order chi connectivity index (χ1) is 15.8. The molecule has 4 aromatic rings. The normalized spacial score (nSPS) is 10.9. The summed E-state index contributed by atoms with van der Waals surface area (Å²) in [5, 5.41) is 13.4. The van der Waals surface area contributed by atoms with Crippen molar-refractivity contribution >= 4 is 46.4 Å².